The molecule has 0 saturated heterocycles. The van der Waals surface area contributed by atoms with E-state index in [2.05, 4.69) is 5.32 Å². The van der Waals surface area contributed by atoms with Crippen LogP contribution in [0, 0.1) is 20.8 Å². The molecule has 0 aliphatic heterocycles. The van der Waals surface area contributed by atoms with Crippen LogP contribution in [0.5, 0.6) is 0 Å². The Labute approximate surface area is 257 Å². The zero-order valence-corrected chi connectivity index (χ0v) is 26.7. The number of rotatable bonds is 13. The second-order valence-corrected chi connectivity index (χ2v) is 13.8. The number of carbonyl (C=O) groups is 2. The zero-order valence-electron chi connectivity index (χ0n) is 25.9. The van der Waals surface area contributed by atoms with Crippen LogP contribution < -0.4 is 9.62 Å². The van der Waals surface area contributed by atoms with Crippen LogP contribution in [0.4, 0.5) is 5.69 Å². The molecular weight excluding hydrogens is 558 g/mol. The third-order valence-corrected chi connectivity index (χ3v) is 9.41. The smallest absolute Gasteiger partial charge is 0.243 e. The summed E-state index contributed by atoms with van der Waals surface area (Å²) in [6, 6.07) is 23.0. The van der Waals surface area contributed by atoms with E-state index in [-0.39, 0.29) is 30.8 Å². The number of sulfonamides is 1. The van der Waals surface area contributed by atoms with Gasteiger partial charge in [0.25, 0.3) is 0 Å². The van der Waals surface area contributed by atoms with Crippen LogP contribution >= 0.6 is 0 Å². The number of anilines is 1. The second-order valence-electron chi connectivity index (χ2n) is 11.9. The minimum Gasteiger partial charge on any atom is -0.352 e. The van der Waals surface area contributed by atoms with Crippen molar-refractivity contribution >= 4 is 27.5 Å². The largest absolute Gasteiger partial charge is 0.352 e. The molecule has 7 nitrogen and oxygen atoms in total. The average Bonchev–Trinajstić information content (AvgIpc) is 3.48. The highest BCUT2D eigenvalue weighted by Gasteiger charge is 2.32. The molecule has 3 aromatic rings. The van der Waals surface area contributed by atoms with Gasteiger partial charge in [0, 0.05) is 32.0 Å². The molecule has 0 radical (unpaired) electrons. The summed E-state index contributed by atoms with van der Waals surface area (Å²) in [5.41, 5.74) is 5.49. The molecule has 1 fully saturated rings. The summed E-state index contributed by atoms with van der Waals surface area (Å²) in [6.45, 7) is 6.30. The first-order valence-electron chi connectivity index (χ1n) is 15.3. The van der Waals surface area contributed by atoms with Gasteiger partial charge in [-0.3, -0.25) is 13.9 Å². The van der Waals surface area contributed by atoms with Crippen LogP contribution in [0.25, 0.3) is 0 Å². The Bertz CT molecular complexity index is 1480. The van der Waals surface area contributed by atoms with Crippen LogP contribution in [-0.2, 0) is 32.6 Å². The maximum absolute atomic E-state index is 14.1. The third-order valence-electron chi connectivity index (χ3n) is 8.23. The molecular formula is C35H45N3O4S. The van der Waals surface area contributed by atoms with Crippen LogP contribution in [0.3, 0.4) is 0 Å². The molecule has 1 saturated carbocycles. The lowest BCUT2D eigenvalue weighted by atomic mass is 10.0. The maximum atomic E-state index is 14.1. The molecule has 230 valence electrons. The van der Waals surface area contributed by atoms with Crippen molar-refractivity contribution in [3.05, 3.63) is 101 Å². The first-order chi connectivity index (χ1) is 20.5. The van der Waals surface area contributed by atoms with E-state index in [9.17, 15) is 18.0 Å². The van der Waals surface area contributed by atoms with Gasteiger partial charge in [0.2, 0.25) is 21.8 Å². The Kier molecular flexibility index (Phi) is 11.0. The van der Waals surface area contributed by atoms with Gasteiger partial charge >= 0.3 is 0 Å². The van der Waals surface area contributed by atoms with E-state index in [1.165, 1.54) is 10.6 Å². The molecule has 1 N–H and O–H groups in total. The molecule has 0 spiro atoms. The van der Waals surface area contributed by atoms with Gasteiger partial charge in [-0.2, -0.15) is 0 Å². The normalized spacial score (nSPS) is 14.3. The van der Waals surface area contributed by atoms with E-state index in [4.69, 9.17) is 0 Å². The fourth-order valence-corrected chi connectivity index (χ4v) is 6.80. The Morgan fingerprint density at radius 1 is 0.884 bits per heavy atom. The molecule has 0 heterocycles. The van der Waals surface area contributed by atoms with Crippen LogP contribution in [-0.4, -0.2) is 50.0 Å². The van der Waals surface area contributed by atoms with Crippen LogP contribution in [0.2, 0.25) is 0 Å². The highest BCUT2D eigenvalue weighted by molar-refractivity contribution is 7.92. The quantitative estimate of drug-likeness (QED) is 0.265. The number of nitrogens with zero attached hydrogens (tertiary/aromatic N) is 2. The number of hydrogen-bond acceptors (Lipinski definition) is 4. The number of nitrogens with one attached hydrogen (secondary N) is 1. The molecule has 1 aliphatic carbocycles. The van der Waals surface area contributed by atoms with E-state index in [1.807, 2.05) is 93.6 Å². The molecule has 0 bridgehead atoms. The Hall–Kier alpha value is -3.65. The van der Waals surface area contributed by atoms with Gasteiger partial charge in [-0.25, -0.2) is 8.42 Å². The Morgan fingerprint density at radius 3 is 2.19 bits per heavy atom. The van der Waals surface area contributed by atoms with Crippen LogP contribution in [0.15, 0.2) is 72.8 Å². The molecule has 1 atom stereocenters. The van der Waals surface area contributed by atoms with Crippen molar-refractivity contribution in [2.24, 2.45) is 0 Å². The van der Waals surface area contributed by atoms with Gasteiger partial charge in [0.05, 0.1) is 11.9 Å². The molecule has 0 aromatic heterocycles. The monoisotopic (exact) mass is 603 g/mol. The summed E-state index contributed by atoms with van der Waals surface area (Å²) in [5, 5.41) is 3.24. The summed E-state index contributed by atoms with van der Waals surface area (Å²) in [5.74, 6) is -0.304. The molecule has 3 aromatic carbocycles. The van der Waals surface area contributed by atoms with E-state index in [0.717, 1.165) is 53.5 Å². The Balaban J connectivity index is 1.59. The van der Waals surface area contributed by atoms with Crippen molar-refractivity contribution in [2.45, 2.75) is 84.3 Å². The van der Waals surface area contributed by atoms with Gasteiger partial charge in [-0.15, -0.1) is 0 Å². The van der Waals surface area contributed by atoms with Crippen molar-refractivity contribution in [1.82, 2.24) is 10.2 Å². The first kappa shape index (κ1) is 32.3. The lowest BCUT2D eigenvalue weighted by molar-refractivity contribution is -0.141. The molecule has 8 heteroatoms. The van der Waals surface area contributed by atoms with Gasteiger partial charge in [0.1, 0.15) is 6.04 Å². The topological polar surface area (TPSA) is 86.8 Å². The minimum absolute atomic E-state index is 0.116. The standard InChI is InChI=1S/C35H45N3O4S/c1-26-17-20-30(21-18-26)25-37(33(24-29-11-6-5-7-12-29)35(40)36-31-13-8-9-14-31)34(39)15-10-22-38(43(4,41)42)32-23-27(2)16-19-28(32)3/h5-7,11-12,16-21,23,31,33H,8-10,13-15,22,24-25H2,1-4H3,(H,36,40)/t33-/m1/s1. The number of aryl methyl sites for hydroxylation is 3. The fraction of sp³-hybridized carbons (Fsp3) is 0.429. The third kappa shape index (κ3) is 9.17. The maximum Gasteiger partial charge on any atom is 0.243 e. The van der Waals surface area contributed by atoms with Crippen molar-refractivity contribution < 1.29 is 18.0 Å². The van der Waals surface area contributed by atoms with E-state index >= 15 is 0 Å². The lowest BCUT2D eigenvalue weighted by Gasteiger charge is -2.33. The second kappa shape index (κ2) is 14.7. The number of hydrogen-bond donors (Lipinski definition) is 1. The van der Waals surface area contributed by atoms with Crippen molar-refractivity contribution in [3.8, 4) is 0 Å². The van der Waals surface area contributed by atoms with E-state index in [1.54, 1.807) is 4.90 Å². The summed E-state index contributed by atoms with van der Waals surface area (Å²) in [7, 11) is -3.57. The van der Waals surface area contributed by atoms with Gasteiger partial charge in [-0.1, -0.05) is 85.1 Å². The SMILES string of the molecule is Cc1ccc(CN(C(=O)CCCN(c2cc(C)ccc2C)S(C)(=O)=O)[C@H](Cc2ccccc2)C(=O)NC2CCCC2)cc1. The van der Waals surface area contributed by atoms with E-state index < -0.39 is 16.1 Å². The van der Waals surface area contributed by atoms with Gasteiger partial charge in [0.15, 0.2) is 0 Å². The average molecular weight is 604 g/mol. The van der Waals surface area contributed by atoms with Crippen molar-refractivity contribution in [2.75, 3.05) is 17.1 Å². The minimum atomic E-state index is -3.57. The van der Waals surface area contributed by atoms with E-state index in [0.29, 0.717) is 25.1 Å². The molecule has 0 unspecified atom stereocenters. The summed E-state index contributed by atoms with van der Waals surface area (Å²) in [4.78, 5) is 29.6. The zero-order chi connectivity index (χ0) is 31.0. The first-order valence-corrected chi connectivity index (χ1v) is 17.1. The molecule has 1 aliphatic rings. The molecule has 4 rings (SSSR count). The fourth-order valence-electron chi connectivity index (χ4n) is 5.78. The highest BCUT2D eigenvalue weighted by atomic mass is 32.2. The lowest BCUT2D eigenvalue weighted by Crippen LogP contribution is -2.52. The van der Waals surface area contributed by atoms with Gasteiger partial charge in [-0.05, 0) is 68.4 Å². The molecule has 43 heavy (non-hydrogen) atoms. The Morgan fingerprint density at radius 2 is 1.53 bits per heavy atom. The predicted octanol–water partition coefficient (Wildman–Crippen LogP) is 5.86. The summed E-state index contributed by atoms with van der Waals surface area (Å²) < 4.78 is 27.0. The number of benzene rings is 3. The summed E-state index contributed by atoms with van der Waals surface area (Å²) >= 11 is 0. The number of carbonyl (C=O) groups excluding carboxylic acids is 2. The predicted molar refractivity (Wildman–Crippen MR) is 173 cm³/mol. The highest BCUT2D eigenvalue weighted by Crippen LogP contribution is 2.25. The van der Waals surface area contributed by atoms with Crippen molar-refractivity contribution in [3.63, 3.8) is 0 Å². The summed E-state index contributed by atoms with van der Waals surface area (Å²) in [6.07, 6.45) is 6.13. The van der Waals surface area contributed by atoms with Gasteiger partial charge < -0.3 is 10.2 Å². The van der Waals surface area contributed by atoms with Crippen molar-refractivity contribution in [1.29, 1.82) is 0 Å². The molecule has 2 amide bonds. The number of amides is 2. The van der Waals surface area contributed by atoms with Crippen LogP contribution in [0.1, 0.15) is 66.3 Å².